The fraction of sp³-hybridized carbons (Fsp3) is 0.529. The summed E-state index contributed by atoms with van der Waals surface area (Å²) in [5.74, 6) is -0.326. The average molecular weight is 321 g/mol. The number of carbonyl (C=O) groups excluding carboxylic acids is 2. The lowest BCUT2D eigenvalue weighted by Crippen LogP contribution is -2.39. The summed E-state index contributed by atoms with van der Waals surface area (Å²) in [5.41, 5.74) is 0.403. The summed E-state index contributed by atoms with van der Waals surface area (Å²) in [5, 5.41) is 5.48. The Hall–Kier alpha value is -1.95. The lowest BCUT2D eigenvalue weighted by atomic mass is 9.98. The Morgan fingerprint density at radius 3 is 2.83 bits per heavy atom. The molecule has 1 atom stereocenters. The maximum Gasteiger partial charge on any atom is 0.224 e. The van der Waals surface area contributed by atoms with Crippen LogP contribution < -0.4 is 10.6 Å². The highest BCUT2D eigenvalue weighted by Crippen LogP contribution is 2.14. The molecule has 0 saturated carbocycles. The van der Waals surface area contributed by atoms with E-state index < -0.39 is 5.82 Å². The van der Waals surface area contributed by atoms with Crippen LogP contribution >= 0.6 is 0 Å². The summed E-state index contributed by atoms with van der Waals surface area (Å²) in [4.78, 5) is 25.8. The van der Waals surface area contributed by atoms with E-state index in [4.69, 9.17) is 0 Å². The monoisotopic (exact) mass is 321 g/mol. The number of nitrogens with one attached hydrogen (secondary N) is 2. The van der Waals surface area contributed by atoms with Gasteiger partial charge in [-0.05, 0) is 50.6 Å². The van der Waals surface area contributed by atoms with Gasteiger partial charge in [-0.25, -0.2) is 4.39 Å². The van der Waals surface area contributed by atoms with Crippen LogP contribution in [-0.2, 0) is 9.59 Å². The van der Waals surface area contributed by atoms with Gasteiger partial charge in [0.05, 0.1) is 0 Å². The maximum atomic E-state index is 13.0. The van der Waals surface area contributed by atoms with E-state index in [0.29, 0.717) is 18.2 Å². The first kappa shape index (κ1) is 17.4. The number of piperidine rings is 1. The van der Waals surface area contributed by atoms with Crippen LogP contribution in [0, 0.1) is 11.7 Å². The normalized spacial score (nSPS) is 18.4. The van der Waals surface area contributed by atoms with Crippen molar-refractivity contribution in [2.24, 2.45) is 5.92 Å². The van der Waals surface area contributed by atoms with Crippen molar-refractivity contribution in [3.63, 3.8) is 0 Å². The molecule has 0 spiro atoms. The number of nitrogens with zero attached hydrogens (tertiary/aromatic N) is 1. The second kappa shape index (κ2) is 8.62. The average Bonchev–Trinajstić information content (AvgIpc) is 2.51. The zero-order valence-corrected chi connectivity index (χ0v) is 13.5. The van der Waals surface area contributed by atoms with Crippen LogP contribution in [0.15, 0.2) is 24.3 Å². The molecule has 1 aromatic rings. The van der Waals surface area contributed by atoms with Gasteiger partial charge in [-0.1, -0.05) is 6.07 Å². The minimum absolute atomic E-state index is 0.0902. The number of rotatable bonds is 6. The summed E-state index contributed by atoms with van der Waals surface area (Å²) >= 11 is 0. The first-order chi connectivity index (χ1) is 11.0. The first-order valence-corrected chi connectivity index (χ1v) is 8.03. The molecule has 0 bridgehead atoms. The van der Waals surface area contributed by atoms with E-state index in [2.05, 4.69) is 22.6 Å². The molecule has 126 valence electrons. The minimum Gasteiger partial charge on any atom is -0.356 e. The molecule has 1 fully saturated rings. The third kappa shape index (κ3) is 6.36. The van der Waals surface area contributed by atoms with E-state index in [1.165, 1.54) is 18.2 Å². The predicted molar refractivity (Wildman–Crippen MR) is 87.5 cm³/mol. The van der Waals surface area contributed by atoms with Crippen LogP contribution in [0.4, 0.5) is 10.1 Å². The van der Waals surface area contributed by atoms with Gasteiger partial charge < -0.3 is 15.5 Å². The van der Waals surface area contributed by atoms with Crippen LogP contribution in [0.5, 0.6) is 0 Å². The summed E-state index contributed by atoms with van der Waals surface area (Å²) in [6.07, 6.45) is 2.52. The lowest BCUT2D eigenvalue weighted by Gasteiger charge is -2.29. The van der Waals surface area contributed by atoms with Gasteiger partial charge in [0.15, 0.2) is 0 Å². The molecule has 0 aromatic heterocycles. The predicted octanol–water partition coefficient (Wildman–Crippen LogP) is 2.00. The third-order valence-electron chi connectivity index (χ3n) is 4.00. The molecule has 6 heteroatoms. The van der Waals surface area contributed by atoms with Gasteiger partial charge in [0.25, 0.3) is 0 Å². The van der Waals surface area contributed by atoms with Gasteiger partial charge in [0.2, 0.25) is 11.8 Å². The second-order valence-electron chi connectivity index (χ2n) is 6.13. The van der Waals surface area contributed by atoms with Gasteiger partial charge in [0.1, 0.15) is 5.82 Å². The molecule has 1 saturated heterocycles. The summed E-state index contributed by atoms with van der Waals surface area (Å²) in [6.45, 7) is 2.78. The quantitative estimate of drug-likeness (QED) is 0.842. The highest BCUT2D eigenvalue weighted by Gasteiger charge is 2.17. The number of halogens is 1. The smallest absolute Gasteiger partial charge is 0.224 e. The second-order valence-corrected chi connectivity index (χ2v) is 6.13. The van der Waals surface area contributed by atoms with E-state index >= 15 is 0 Å². The van der Waals surface area contributed by atoms with Crippen LogP contribution in [-0.4, -0.2) is 43.4 Å². The third-order valence-corrected chi connectivity index (χ3v) is 4.00. The van der Waals surface area contributed by atoms with Crippen molar-refractivity contribution < 1.29 is 14.0 Å². The number of carbonyl (C=O) groups is 2. The summed E-state index contributed by atoms with van der Waals surface area (Å²) < 4.78 is 13.0. The molecule has 2 rings (SSSR count). The largest absolute Gasteiger partial charge is 0.356 e. The number of likely N-dealkylation sites (tertiary alicyclic amines) is 1. The Labute approximate surface area is 136 Å². The molecule has 1 aromatic carbocycles. The van der Waals surface area contributed by atoms with Crippen molar-refractivity contribution in [2.45, 2.75) is 25.7 Å². The molecule has 1 unspecified atom stereocenters. The number of hydrogen-bond acceptors (Lipinski definition) is 3. The van der Waals surface area contributed by atoms with Gasteiger partial charge in [-0.15, -0.1) is 0 Å². The molecule has 5 nitrogen and oxygen atoms in total. The van der Waals surface area contributed by atoms with E-state index in [9.17, 15) is 14.0 Å². The molecular weight excluding hydrogens is 297 g/mol. The SMILES string of the molecule is CN1CCCC(CNC(=O)CCC(=O)Nc2cccc(F)c2)C1. The van der Waals surface area contributed by atoms with Crippen molar-refractivity contribution in [1.82, 2.24) is 10.2 Å². The molecule has 0 radical (unpaired) electrons. The Morgan fingerprint density at radius 2 is 2.09 bits per heavy atom. The first-order valence-electron chi connectivity index (χ1n) is 8.03. The minimum atomic E-state index is -0.405. The fourth-order valence-corrected chi connectivity index (χ4v) is 2.80. The molecule has 2 N–H and O–H groups in total. The van der Waals surface area contributed by atoms with Crippen molar-refractivity contribution in [3.8, 4) is 0 Å². The maximum absolute atomic E-state index is 13.0. The van der Waals surface area contributed by atoms with Crippen molar-refractivity contribution in [3.05, 3.63) is 30.1 Å². The number of benzene rings is 1. The van der Waals surface area contributed by atoms with Crippen molar-refractivity contribution in [1.29, 1.82) is 0 Å². The van der Waals surface area contributed by atoms with Gasteiger partial charge in [0, 0.05) is 31.6 Å². The van der Waals surface area contributed by atoms with Gasteiger partial charge >= 0.3 is 0 Å². The van der Waals surface area contributed by atoms with E-state index in [0.717, 1.165) is 25.9 Å². The molecule has 1 aliphatic rings. The molecule has 1 heterocycles. The zero-order valence-electron chi connectivity index (χ0n) is 13.5. The fourth-order valence-electron chi connectivity index (χ4n) is 2.80. The molecular formula is C17H24FN3O2. The number of anilines is 1. The standard InChI is InChI=1S/C17H24FN3O2/c1-21-9-3-4-13(12-21)11-19-16(22)7-8-17(23)20-15-6-2-5-14(18)10-15/h2,5-6,10,13H,3-4,7-9,11-12H2,1H3,(H,19,22)(H,20,23). The van der Waals surface area contributed by atoms with Crippen molar-refractivity contribution >= 4 is 17.5 Å². The molecule has 0 aliphatic carbocycles. The highest BCUT2D eigenvalue weighted by atomic mass is 19.1. The number of hydrogen-bond donors (Lipinski definition) is 2. The molecule has 23 heavy (non-hydrogen) atoms. The summed E-state index contributed by atoms with van der Waals surface area (Å²) in [7, 11) is 2.09. The topological polar surface area (TPSA) is 61.4 Å². The van der Waals surface area contributed by atoms with Gasteiger partial charge in [-0.3, -0.25) is 9.59 Å². The highest BCUT2D eigenvalue weighted by molar-refractivity contribution is 5.93. The van der Waals surface area contributed by atoms with Crippen LogP contribution in [0.3, 0.4) is 0 Å². The molecule has 1 aliphatic heterocycles. The van der Waals surface area contributed by atoms with Crippen LogP contribution in [0.25, 0.3) is 0 Å². The van der Waals surface area contributed by atoms with Crippen LogP contribution in [0.2, 0.25) is 0 Å². The van der Waals surface area contributed by atoms with Gasteiger partial charge in [-0.2, -0.15) is 0 Å². The van der Waals surface area contributed by atoms with Crippen molar-refractivity contribution in [2.75, 3.05) is 32.0 Å². The Balaban J connectivity index is 1.64. The lowest BCUT2D eigenvalue weighted by molar-refractivity contribution is -0.124. The number of amides is 2. The summed E-state index contributed by atoms with van der Waals surface area (Å²) in [6, 6.07) is 5.70. The van der Waals surface area contributed by atoms with E-state index in [1.54, 1.807) is 6.07 Å². The van der Waals surface area contributed by atoms with E-state index in [1.807, 2.05) is 0 Å². The van der Waals surface area contributed by atoms with Crippen LogP contribution in [0.1, 0.15) is 25.7 Å². The Bertz CT molecular complexity index is 550. The molecule has 2 amide bonds. The zero-order chi connectivity index (χ0) is 16.7. The van der Waals surface area contributed by atoms with E-state index in [-0.39, 0.29) is 24.7 Å². The Kier molecular flexibility index (Phi) is 6.52. The Morgan fingerprint density at radius 1 is 1.30 bits per heavy atom.